The Morgan fingerprint density at radius 2 is 2.08 bits per heavy atom. The molecule has 0 amide bonds. The molecule has 1 N–H and O–H groups in total. The molecule has 1 aliphatic heterocycles. The highest BCUT2D eigenvalue weighted by molar-refractivity contribution is 9.09. The monoisotopic (exact) mass is 244 g/mol. The summed E-state index contributed by atoms with van der Waals surface area (Å²) in [6.45, 7) is 0.148. The van der Waals surface area contributed by atoms with Gasteiger partial charge in [-0.25, -0.2) is 0 Å². The molecule has 0 saturated heterocycles. The van der Waals surface area contributed by atoms with Crippen molar-refractivity contribution in [3.8, 4) is 11.5 Å². The average molecular weight is 245 g/mol. The molecule has 0 saturated carbocycles. The molecule has 1 aromatic rings. The Labute approximate surface area is 84.4 Å². The Hall–Kier alpha value is -0.740. The van der Waals surface area contributed by atoms with Crippen molar-refractivity contribution >= 4 is 15.9 Å². The van der Waals surface area contributed by atoms with E-state index in [1.165, 1.54) is 0 Å². The summed E-state index contributed by atoms with van der Waals surface area (Å²) in [5, 5.41) is 10.1. The molecule has 0 fully saturated rings. The summed E-state index contributed by atoms with van der Waals surface area (Å²) in [6.07, 6.45) is 0. The van der Waals surface area contributed by atoms with E-state index in [9.17, 15) is 5.11 Å². The van der Waals surface area contributed by atoms with Gasteiger partial charge in [-0.05, 0) is 12.1 Å². The van der Waals surface area contributed by atoms with Crippen LogP contribution >= 0.6 is 15.9 Å². The van der Waals surface area contributed by atoms with Gasteiger partial charge in [0.2, 0.25) is 0 Å². The van der Waals surface area contributed by atoms with Crippen LogP contribution in [0.25, 0.3) is 0 Å². The van der Waals surface area contributed by atoms with Crippen LogP contribution in [0.5, 0.6) is 11.5 Å². The molecule has 1 atom stereocenters. The average Bonchev–Trinajstić information content (AvgIpc) is 2.18. The lowest BCUT2D eigenvalue weighted by atomic mass is 10.2. The van der Waals surface area contributed by atoms with E-state index in [2.05, 4.69) is 15.9 Å². The van der Waals surface area contributed by atoms with Gasteiger partial charge in [0.15, 0.2) is 18.1 Å². The van der Waals surface area contributed by atoms with Crippen molar-refractivity contribution in [3.05, 3.63) is 24.3 Å². The summed E-state index contributed by atoms with van der Waals surface area (Å²) in [7, 11) is 0. The Balaban J connectivity index is 2.29. The van der Waals surface area contributed by atoms with Crippen molar-refractivity contribution in [1.29, 1.82) is 0 Å². The first-order valence-electron chi connectivity index (χ1n) is 3.93. The molecule has 1 heterocycles. The minimum atomic E-state index is -1.24. The van der Waals surface area contributed by atoms with Gasteiger partial charge in [-0.1, -0.05) is 28.1 Å². The summed E-state index contributed by atoms with van der Waals surface area (Å²) >= 11 is 3.16. The molecular formula is C9H9BrO3. The molecule has 1 unspecified atom stereocenters. The van der Waals surface area contributed by atoms with Crippen molar-refractivity contribution in [3.63, 3.8) is 0 Å². The lowest BCUT2D eigenvalue weighted by Gasteiger charge is -2.32. The Morgan fingerprint density at radius 1 is 1.38 bits per heavy atom. The quantitative estimate of drug-likeness (QED) is 0.763. The first kappa shape index (κ1) is 8.84. The normalized spacial score (nSPS) is 25.7. The highest BCUT2D eigenvalue weighted by Gasteiger charge is 2.34. The fraction of sp³-hybridized carbons (Fsp3) is 0.333. The van der Waals surface area contributed by atoms with Gasteiger partial charge >= 0.3 is 0 Å². The van der Waals surface area contributed by atoms with Gasteiger partial charge in [0, 0.05) is 0 Å². The summed E-state index contributed by atoms with van der Waals surface area (Å²) in [5.74, 6) is 0.0118. The van der Waals surface area contributed by atoms with E-state index in [0.717, 1.165) is 0 Å². The number of para-hydroxylation sites is 2. The van der Waals surface area contributed by atoms with Gasteiger partial charge in [-0.2, -0.15) is 0 Å². The van der Waals surface area contributed by atoms with Crippen LogP contribution in [-0.2, 0) is 0 Å². The second kappa shape index (κ2) is 3.20. The van der Waals surface area contributed by atoms with Crippen LogP contribution in [0.4, 0.5) is 0 Å². The lowest BCUT2D eigenvalue weighted by molar-refractivity contribution is -0.154. The summed E-state index contributed by atoms with van der Waals surface area (Å²) in [6, 6.07) is 7.27. The van der Waals surface area contributed by atoms with Crippen LogP contribution < -0.4 is 9.47 Å². The maximum absolute atomic E-state index is 9.73. The summed E-state index contributed by atoms with van der Waals surface area (Å²) in [4.78, 5) is 0. The molecule has 0 aromatic heterocycles. The van der Waals surface area contributed by atoms with Gasteiger partial charge in [-0.3, -0.25) is 0 Å². The van der Waals surface area contributed by atoms with Crippen molar-refractivity contribution < 1.29 is 14.6 Å². The molecule has 2 rings (SSSR count). The van der Waals surface area contributed by atoms with Gasteiger partial charge in [0.05, 0.1) is 5.33 Å². The highest BCUT2D eigenvalue weighted by Crippen LogP contribution is 2.34. The Kier molecular flexibility index (Phi) is 2.17. The smallest absolute Gasteiger partial charge is 0.252 e. The zero-order valence-electron chi connectivity index (χ0n) is 6.87. The zero-order chi connectivity index (χ0) is 9.31. The Bertz CT molecular complexity index is 315. The van der Waals surface area contributed by atoms with Gasteiger partial charge in [0.1, 0.15) is 0 Å². The minimum absolute atomic E-state index is 0.148. The molecule has 70 valence electrons. The Morgan fingerprint density at radius 3 is 2.77 bits per heavy atom. The fourth-order valence-corrected chi connectivity index (χ4v) is 1.42. The van der Waals surface area contributed by atoms with Crippen LogP contribution in [-0.4, -0.2) is 22.8 Å². The topological polar surface area (TPSA) is 38.7 Å². The lowest BCUT2D eigenvalue weighted by Crippen LogP contribution is -2.46. The molecular weight excluding hydrogens is 236 g/mol. The second-order valence-corrected chi connectivity index (χ2v) is 3.48. The molecule has 3 nitrogen and oxygen atoms in total. The third kappa shape index (κ3) is 1.64. The molecule has 0 radical (unpaired) electrons. The molecule has 4 heteroatoms. The van der Waals surface area contributed by atoms with E-state index in [0.29, 0.717) is 16.8 Å². The number of alkyl halides is 1. The molecule has 1 aliphatic rings. The molecule has 0 spiro atoms. The molecule has 13 heavy (non-hydrogen) atoms. The van der Waals surface area contributed by atoms with Gasteiger partial charge in [-0.15, -0.1) is 0 Å². The third-order valence-corrected chi connectivity index (χ3v) is 2.69. The molecule has 0 bridgehead atoms. The second-order valence-electron chi connectivity index (χ2n) is 2.92. The first-order valence-corrected chi connectivity index (χ1v) is 5.05. The van der Waals surface area contributed by atoms with E-state index < -0.39 is 5.79 Å². The van der Waals surface area contributed by atoms with Crippen LogP contribution in [0.1, 0.15) is 0 Å². The van der Waals surface area contributed by atoms with Crippen LogP contribution in [0.3, 0.4) is 0 Å². The predicted octanol–water partition coefficient (Wildman–Crippen LogP) is 1.54. The van der Waals surface area contributed by atoms with Gasteiger partial charge in [0.25, 0.3) is 5.79 Å². The zero-order valence-corrected chi connectivity index (χ0v) is 8.45. The van der Waals surface area contributed by atoms with Crippen LogP contribution in [0.15, 0.2) is 24.3 Å². The maximum Gasteiger partial charge on any atom is 0.252 e. The third-order valence-electron chi connectivity index (χ3n) is 1.81. The van der Waals surface area contributed by atoms with Crippen molar-refractivity contribution in [2.24, 2.45) is 0 Å². The van der Waals surface area contributed by atoms with E-state index in [4.69, 9.17) is 9.47 Å². The minimum Gasteiger partial charge on any atom is -0.483 e. The van der Waals surface area contributed by atoms with E-state index in [1.54, 1.807) is 6.07 Å². The number of fused-ring (bicyclic) bond motifs is 1. The largest absolute Gasteiger partial charge is 0.483 e. The summed E-state index contributed by atoms with van der Waals surface area (Å²) in [5.41, 5.74) is 0. The van der Waals surface area contributed by atoms with Crippen molar-refractivity contribution in [2.75, 3.05) is 11.9 Å². The van der Waals surface area contributed by atoms with E-state index in [-0.39, 0.29) is 6.61 Å². The molecule has 1 aromatic carbocycles. The standard InChI is InChI=1S/C9H9BrO3/c10-5-9(11)6-12-7-3-1-2-4-8(7)13-9/h1-4,11H,5-6H2. The number of aliphatic hydroxyl groups is 1. The number of hydrogen-bond acceptors (Lipinski definition) is 3. The number of ether oxygens (including phenoxy) is 2. The molecule has 0 aliphatic carbocycles. The summed E-state index contributed by atoms with van der Waals surface area (Å²) < 4.78 is 10.7. The van der Waals surface area contributed by atoms with E-state index in [1.807, 2.05) is 18.2 Å². The fourth-order valence-electron chi connectivity index (χ4n) is 1.14. The highest BCUT2D eigenvalue weighted by atomic mass is 79.9. The number of rotatable bonds is 1. The van der Waals surface area contributed by atoms with Crippen LogP contribution in [0, 0.1) is 0 Å². The first-order chi connectivity index (χ1) is 6.23. The van der Waals surface area contributed by atoms with Gasteiger partial charge < -0.3 is 14.6 Å². The number of hydrogen-bond donors (Lipinski definition) is 1. The van der Waals surface area contributed by atoms with Crippen LogP contribution in [0.2, 0.25) is 0 Å². The van der Waals surface area contributed by atoms with Crippen molar-refractivity contribution in [2.45, 2.75) is 5.79 Å². The SMILES string of the molecule is OC1(CBr)COc2ccccc2O1. The number of halogens is 1. The number of benzene rings is 1. The maximum atomic E-state index is 9.73. The van der Waals surface area contributed by atoms with E-state index >= 15 is 0 Å². The predicted molar refractivity (Wildman–Crippen MR) is 51.3 cm³/mol. The van der Waals surface area contributed by atoms with Crippen molar-refractivity contribution in [1.82, 2.24) is 0 Å².